The van der Waals surface area contributed by atoms with Crippen LogP contribution >= 0.6 is 0 Å². The van der Waals surface area contributed by atoms with Crippen LogP contribution in [-0.2, 0) is 11.2 Å². The number of para-hydroxylation sites is 2. The van der Waals surface area contributed by atoms with Crippen LogP contribution in [0.5, 0.6) is 0 Å². The van der Waals surface area contributed by atoms with E-state index in [1.807, 2.05) is 45.9 Å². The van der Waals surface area contributed by atoms with Crippen LogP contribution in [0.3, 0.4) is 0 Å². The maximum absolute atomic E-state index is 12.9. The molecule has 0 spiro atoms. The molecule has 1 aromatic heterocycles. The minimum absolute atomic E-state index is 0.0264. The van der Waals surface area contributed by atoms with Gasteiger partial charge in [0.1, 0.15) is 0 Å². The van der Waals surface area contributed by atoms with Gasteiger partial charge in [-0.1, -0.05) is 36.4 Å². The Kier molecular flexibility index (Phi) is 3.48. The number of fused-ring (bicyclic) bond motifs is 2. The summed E-state index contributed by atoms with van der Waals surface area (Å²) in [6.45, 7) is 1.43. The first kappa shape index (κ1) is 15.4. The van der Waals surface area contributed by atoms with Crippen molar-refractivity contribution >= 4 is 16.9 Å². The van der Waals surface area contributed by atoms with Gasteiger partial charge in [-0.25, -0.2) is 4.79 Å². The number of piperidine rings is 1. The number of imidazole rings is 1. The minimum atomic E-state index is -0.0519. The number of aromatic amines is 1. The third-order valence-electron chi connectivity index (χ3n) is 5.92. The fourth-order valence-electron chi connectivity index (χ4n) is 4.48. The SMILES string of the molecule is O=C(C1Cc2ccccc21)N1CCC(n2c(=O)[nH]c3ccccc32)CC1. The fraction of sp³-hybridized carbons (Fsp3) is 0.333. The summed E-state index contributed by atoms with van der Waals surface area (Å²) in [5.74, 6) is 0.270. The summed E-state index contributed by atoms with van der Waals surface area (Å²) in [5, 5.41) is 0. The number of rotatable bonds is 2. The van der Waals surface area contributed by atoms with Gasteiger partial charge in [0.05, 0.1) is 17.0 Å². The van der Waals surface area contributed by atoms with Gasteiger partial charge >= 0.3 is 5.69 Å². The molecule has 5 heteroatoms. The van der Waals surface area contributed by atoms with E-state index in [4.69, 9.17) is 0 Å². The maximum atomic E-state index is 12.9. The zero-order valence-electron chi connectivity index (χ0n) is 14.5. The molecular weight excluding hydrogens is 326 g/mol. The predicted molar refractivity (Wildman–Crippen MR) is 100 cm³/mol. The molecule has 1 fully saturated rings. The van der Waals surface area contributed by atoms with E-state index < -0.39 is 0 Å². The number of aromatic nitrogens is 2. The number of carbonyl (C=O) groups is 1. The quantitative estimate of drug-likeness (QED) is 0.775. The molecule has 2 heterocycles. The summed E-state index contributed by atoms with van der Waals surface area (Å²) < 4.78 is 1.87. The fourth-order valence-corrected chi connectivity index (χ4v) is 4.48. The summed E-state index contributed by atoms with van der Waals surface area (Å²) in [4.78, 5) is 30.2. The highest BCUT2D eigenvalue weighted by molar-refractivity contribution is 5.87. The zero-order chi connectivity index (χ0) is 17.7. The zero-order valence-corrected chi connectivity index (χ0v) is 14.5. The van der Waals surface area contributed by atoms with Crippen molar-refractivity contribution in [3.8, 4) is 0 Å². The largest absolute Gasteiger partial charge is 0.342 e. The summed E-state index contributed by atoms with van der Waals surface area (Å²) in [6, 6.07) is 16.2. The molecule has 2 aliphatic rings. The summed E-state index contributed by atoms with van der Waals surface area (Å²) in [7, 11) is 0. The highest BCUT2D eigenvalue weighted by Gasteiger charge is 2.36. The van der Waals surface area contributed by atoms with E-state index in [1.54, 1.807) is 0 Å². The lowest BCUT2D eigenvalue weighted by Gasteiger charge is -2.38. The van der Waals surface area contributed by atoms with Gasteiger partial charge in [-0.05, 0) is 42.5 Å². The Morgan fingerprint density at radius 1 is 1.00 bits per heavy atom. The Morgan fingerprint density at radius 2 is 1.73 bits per heavy atom. The average molecular weight is 347 g/mol. The number of carbonyl (C=O) groups excluding carboxylic acids is 1. The first-order valence-corrected chi connectivity index (χ1v) is 9.28. The van der Waals surface area contributed by atoms with Crippen LogP contribution in [-0.4, -0.2) is 33.4 Å². The van der Waals surface area contributed by atoms with Crippen LogP contribution in [0.2, 0.25) is 0 Å². The number of likely N-dealkylation sites (tertiary alicyclic amines) is 1. The van der Waals surface area contributed by atoms with E-state index in [-0.39, 0.29) is 23.6 Å². The molecule has 1 unspecified atom stereocenters. The lowest BCUT2D eigenvalue weighted by atomic mass is 9.76. The van der Waals surface area contributed by atoms with E-state index in [0.717, 1.165) is 30.3 Å². The van der Waals surface area contributed by atoms with Crippen LogP contribution in [0.15, 0.2) is 53.3 Å². The van der Waals surface area contributed by atoms with Crippen molar-refractivity contribution in [3.05, 3.63) is 70.1 Å². The summed E-state index contributed by atoms with van der Waals surface area (Å²) in [6.07, 6.45) is 2.50. The normalized spacial score (nSPS) is 20.0. The van der Waals surface area contributed by atoms with Crippen LogP contribution in [0.1, 0.15) is 35.9 Å². The Balaban J connectivity index is 1.32. The second-order valence-electron chi connectivity index (χ2n) is 7.33. The van der Waals surface area contributed by atoms with Crippen LogP contribution in [0.4, 0.5) is 0 Å². The maximum Gasteiger partial charge on any atom is 0.326 e. The average Bonchev–Trinajstić information content (AvgIpc) is 2.98. The number of benzene rings is 2. The second kappa shape index (κ2) is 5.87. The Hall–Kier alpha value is -2.82. The first-order valence-electron chi connectivity index (χ1n) is 9.28. The highest BCUT2D eigenvalue weighted by Crippen LogP contribution is 2.37. The minimum Gasteiger partial charge on any atom is -0.342 e. The first-order chi connectivity index (χ1) is 12.7. The van der Waals surface area contributed by atoms with E-state index in [9.17, 15) is 9.59 Å². The molecule has 1 amide bonds. The Morgan fingerprint density at radius 3 is 2.54 bits per heavy atom. The molecular formula is C21H21N3O2. The topological polar surface area (TPSA) is 58.1 Å². The van der Waals surface area contributed by atoms with Crippen LogP contribution < -0.4 is 5.69 Å². The summed E-state index contributed by atoms with van der Waals surface area (Å²) >= 11 is 0. The van der Waals surface area contributed by atoms with Crippen molar-refractivity contribution in [3.63, 3.8) is 0 Å². The molecule has 26 heavy (non-hydrogen) atoms. The number of nitrogens with zero attached hydrogens (tertiary/aromatic N) is 2. The van der Waals surface area contributed by atoms with Crippen molar-refractivity contribution in [2.75, 3.05) is 13.1 Å². The van der Waals surface area contributed by atoms with Crippen molar-refractivity contribution in [1.29, 1.82) is 0 Å². The number of hydrogen-bond acceptors (Lipinski definition) is 2. The molecule has 5 nitrogen and oxygen atoms in total. The number of amides is 1. The molecule has 1 atom stereocenters. The van der Waals surface area contributed by atoms with E-state index in [0.29, 0.717) is 13.1 Å². The van der Waals surface area contributed by atoms with E-state index in [1.165, 1.54) is 11.1 Å². The molecule has 1 N–H and O–H groups in total. The number of nitrogens with one attached hydrogen (secondary N) is 1. The molecule has 0 saturated carbocycles. The van der Waals surface area contributed by atoms with Gasteiger partial charge in [0.15, 0.2) is 0 Å². The highest BCUT2D eigenvalue weighted by atomic mass is 16.2. The smallest absolute Gasteiger partial charge is 0.326 e. The van der Waals surface area contributed by atoms with E-state index in [2.05, 4.69) is 17.1 Å². The number of H-pyrrole nitrogens is 1. The molecule has 2 aromatic carbocycles. The monoisotopic (exact) mass is 347 g/mol. The molecule has 1 aliphatic heterocycles. The van der Waals surface area contributed by atoms with Crippen LogP contribution in [0.25, 0.3) is 11.0 Å². The molecule has 0 bridgehead atoms. The molecule has 5 rings (SSSR count). The predicted octanol–water partition coefficient (Wildman–Crippen LogP) is 2.83. The van der Waals surface area contributed by atoms with Gasteiger partial charge in [-0.2, -0.15) is 0 Å². The van der Waals surface area contributed by atoms with Gasteiger partial charge in [0, 0.05) is 19.1 Å². The third-order valence-corrected chi connectivity index (χ3v) is 5.92. The molecule has 132 valence electrons. The molecule has 3 aromatic rings. The van der Waals surface area contributed by atoms with Gasteiger partial charge in [0.2, 0.25) is 5.91 Å². The lowest BCUT2D eigenvalue weighted by molar-refractivity contribution is -0.134. The Bertz CT molecular complexity index is 1040. The molecule has 1 aliphatic carbocycles. The summed E-state index contributed by atoms with van der Waals surface area (Å²) in [5.41, 5.74) is 4.26. The van der Waals surface area contributed by atoms with Crippen molar-refractivity contribution < 1.29 is 4.79 Å². The van der Waals surface area contributed by atoms with Gasteiger partial charge in [0.25, 0.3) is 0 Å². The van der Waals surface area contributed by atoms with Gasteiger partial charge in [-0.3, -0.25) is 9.36 Å². The molecule has 1 saturated heterocycles. The Labute approximate surface area is 151 Å². The lowest BCUT2D eigenvalue weighted by Crippen LogP contribution is -2.44. The van der Waals surface area contributed by atoms with Crippen molar-refractivity contribution in [1.82, 2.24) is 14.5 Å². The number of hydrogen-bond donors (Lipinski definition) is 1. The standard InChI is InChI=1S/C21H21N3O2/c25-20(17-13-14-5-1-2-6-16(14)17)23-11-9-15(10-12-23)24-19-8-4-3-7-18(19)22-21(24)26/h1-8,15,17H,9-13H2,(H,22,26). The van der Waals surface area contributed by atoms with Gasteiger partial charge < -0.3 is 9.88 Å². The third kappa shape index (κ3) is 2.30. The van der Waals surface area contributed by atoms with Crippen molar-refractivity contribution in [2.24, 2.45) is 0 Å². The van der Waals surface area contributed by atoms with Crippen LogP contribution in [0, 0.1) is 0 Å². The van der Waals surface area contributed by atoms with Crippen molar-refractivity contribution in [2.45, 2.75) is 31.2 Å². The molecule has 0 radical (unpaired) electrons. The van der Waals surface area contributed by atoms with E-state index >= 15 is 0 Å². The van der Waals surface area contributed by atoms with Gasteiger partial charge in [-0.15, -0.1) is 0 Å². The second-order valence-corrected chi connectivity index (χ2v) is 7.33.